The van der Waals surface area contributed by atoms with E-state index in [2.05, 4.69) is 10.1 Å². The predicted molar refractivity (Wildman–Crippen MR) is 50.1 cm³/mol. The van der Waals surface area contributed by atoms with E-state index in [1.165, 1.54) is 12.1 Å². The first-order valence-corrected chi connectivity index (χ1v) is 4.53. The van der Waals surface area contributed by atoms with Crippen LogP contribution in [0.5, 0.6) is 0 Å². The number of alkyl halides is 3. The maximum absolute atomic E-state index is 12.6. The molecule has 6 heteroatoms. The number of carbonyl (C=O) groups excluding carboxylic acids is 1. The highest BCUT2D eigenvalue weighted by atomic mass is 19.4. The number of carbonyl (C=O) groups is 1. The third-order valence-electron chi connectivity index (χ3n) is 2.25. The molecule has 86 valence electrons. The second-order valence-electron chi connectivity index (χ2n) is 3.54. The first-order chi connectivity index (χ1) is 7.38. The minimum Gasteiger partial charge on any atom is -0.431 e. The predicted octanol–water partition coefficient (Wildman–Crippen LogP) is 3.16. The summed E-state index contributed by atoms with van der Waals surface area (Å²) in [7, 11) is 0. The summed E-state index contributed by atoms with van der Waals surface area (Å²) in [5, 5.41) is 2.23. The zero-order valence-corrected chi connectivity index (χ0v) is 8.26. The molecule has 1 amide bonds. The zero-order valence-electron chi connectivity index (χ0n) is 8.26. The lowest BCUT2D eigenvalue weighted by Gasteiger charge is -2.27. The van der Waals surface area contributed by atoms with E-state index in [4.69, 9.17) is 0 Å². The largest absolute Gasteiger partial charge is 0.431 e. The highest BCUT2D eigenvalue weighted by Crippen LogP contribution is 2.41. The third-order valence-corrected chi connectivity index (χ3v) is 2.25. The van der Waals surface area contributed by atoms with Gasteiger partial charge in [-0.2, -0.15) is 13.2 Å². The maximum Gasteiger partial charge on any atom is 0.430 e. The van der Waals surface area contributed by atoms with Crippen molar-refractivity contribution in [2.24, 2.45) is 0 Å². The van der Waals surface area contributed by atoms with Crippen LogP contribution in [-0.4, -0.2) is 12.3 Å². The highest BCUT2D eigenvalue weighted by molar-refractivity contribution is 5.88. The van der Waals surface area contributed by atoms with E-state index >= 15 is 0 Å². The molecule has 1 heterocycles. The summed E-state index contributed by atoms with van der Waals surface area (Å²) in [6.45, 7) is 1.67. The van der Waals surface area contributed by atoms with Gasteiger partial charge < -0.3 is 4.74 Å². The molecule has 3 nitrogen and oxygen atoms in total. The van der Waals surface area contributed by atoms with Gasteiger partial charge in [0, 0.05) is 5.56 Å². The first kappa shape index (κ1) is 10.8. The van der Waals surface area contributed by atoms with Crippen LogP contribution in [0, 0.1) is 6.92 Å². The van der Waals surface area contributed by atoms with E-state index in [1.807, 2.05) is 0 Å². The van der Waals surface area contributed by atoms with Crippen LogP contribution in [0.4, 0.5) is 23.7 Å². The molecule has 0 saturated carbocycles. The summed E-state index contributed by atoms with van der Waals surface area (Å²) in [6, 6.07) is 4.41. The number of halogens is 3. The van der Waals surface area contributed by atoms with Gasteiger partial charge in [-0.05, 0) is 19.1 Å². The fourth-order valence-electron chi connectivity index (χ4n) is 1.57. The van der Waals surface area contributed by atoms with Crippen LogP contribution < -0.4 is 5.32 Å². The van der Waals surface area contributed by atoms with Gasteiger partial charge in [0.1, 0.15) is 0 Å². The standard InChI is InChI=1S/C10H8F3NO2/c1-5-2-3-7-6(4-5)8(10(11,12)13)16-9(15)14-7/h2-4,8H,1H3,(H,14,15)/t8-/m0/s1. The fraction of sp³-hybridized carbons (Fsp3) is 0.300. The lowest BCUT2D eigenvalue weighted by Crippen LogP contribution is -2.33. The molecule has 0 radical (unpaired) electrons. The summed E-state index contributed by atoms with van der Waals surface area (Å²) in [5.74, 6) is 0. The van der Waals surface area contributed by atoms with Crippen molar-refractivity contribution in [2.45, 2.75) is 19.2 Å². The Labute approximate surface area is 89.2 Å². The number of anilines is 1. The van der Waals surface area contributed by atoms with Gasteiger partial charge in [-0.25, -0.2) is 4.79 Å². The zero-order chi connectivity index (χ0) is 11.9. The molecule has 0 fully saturated rings. The van der Waals surface area contributed by atoms with Crippen LogP contribution in [0.25, 0.3) is 0 Å². The molecular formula is C10H8F3NO2. The van der Waals surface area contributed by atoms with Crippen LogP contribution in [0.3, 0.4) is 0 Å². The van der Waals surface area contributed by atoms with Gasteiger partial charge in [-0.3, -0.25) is 5.32 Å². The van der Waals surface area contributed by atoms with Crippen molar-refractivity contribution in [2.75, 3.05) is 5.32 Å². The smallest absolute Gasteiger partial charge is 0.430 e. The minimum absolute atomic E-state index is 0.0629. The molecule has 16 heavy (non-hydrogen) atoms. The van der Waals surface area contributed by atoms with Crippen LogP contribution in [0.1, 0.15) is 17.2 Å². The fourth-order valence-corrected chi connectivity index (χ4v) is 1.57. The van der Waals surface area contributed by atoms with Crippen molar-refractivity contribution in [1.29, 1.82) is 0 Å². The van der Waals surface area contributed by atoms with E-state index in [9.17, 15) is 18.0 Å². The average molecular weight is 231 g/mol. The molecule has 0 bridgehead atoms. The number of amides is 1. The number of hydrogen-bond acceptors (Lipinski definition) is 2. The molecule has 1 N–H and O–H groups in total. The van der Waals surface area contributed by atoms with Gasteiger partial charge in [0.15, 0.2) is 0 Å². The maximum atomic E-state index is 12.6. The van der Waals surface area contributed by atoms with Crippen molar-refractivity contribution >= 4 is 11.8 Å². The van der Waals surface area contributed by atoms with Crippen LogP contribution in [0.2, 0.25) is 0 Å². The molecule has 2 rings (SSSR count). The number of fused-ring (bicyclic) bond motifs is 1. The Morgan fingerprint density at radius 2 is 2.06 bits per heavy atom. The second kappa shape index (κ2) is 3.40. The number of cyclic esters (lactones) is 1. The van der Waals surface area contributed by atoms with Gasteiger partial charge in [-0.15, -0.1) is 0 Å². The number of benzene rings is 1. The molecular weight excluding hydrogens is 223 g/mol. The number of aryl methyl sites for hydroxylation is 1. The minimum atomic E-state index is -4.60. The molecule has 1 aromatic carbocycles. The Bertz CT molecular complexity index is 442. The van der Waals surface area contributed by atoms with Crippen molar-refractivity contribution in [3.63, 3.8) is 0 Å². The van der Waals surface area contributed by atoms with Gasteiger partial charge >= 0.3 is 12.3 Å². The molecule has 1 aliphatic rings. The lowest BCUT2D eigenvalue weighted by molar-refractivity contribution is -0.206. The Morgan fingerprint density at radius 3 is 2.69 bits per heavy atom. The van der Waals surface area contributed by atoms with E-state index in [0.717, 1.165) is 0 Å². The normalized spacial score (nSPS) is 19.8. The average Bonchev–Trinajstić information content (AvgIpc) is 2.16. The van der Waals surface area contributed by atoms with Gasteiger partial charge in [0.2, 0.25) is 6.10 Å². The van der Waals surface area contributed by atoms with Gasteiger partial charge in [-0.1, -0.05) is 11.6 Å². The second-order valence-corrected chi connectivity index (χ2v) is 3.54. The van der Waals surface area contributed by atoms with Gasteiger partial charge in [0.25, 0.3) is 0 Å². The lowest BCUT2D eigenvalue weighted by atomic mass is 10.0. The number of rotatable bonds is 0. The molecule has 0 aromatic heterocycles. The summed E-state index contributed by atoms with van der Waals surface area (Å²) in [5.41, 5.74) is 0.754. The molecule has 1 aromatic rings. The topological polar surface area (TPSA) is 38.3 Å². The van der Waals surface area contributed by atoms with Crippen molar-refractivity contribution < 1.29 is 22.7 Å². The van der Waals surface area contributed by atoms with E-state index < -0.39 is 18.4 Å². The number of hydrogen-bond donors (Lipinski definition) is 1. The number of ether oxygens (including phenoxy) is 1. The molecule has 0 saturated heterocycles. The summed E-state index contributed by atoms with van der Waals surface area (Å²) < 4.78 is 42.1. The Hall–Kier alpha value is -1.72. The molecule has 0 unspecified atom stereocenters. The van der Waals surface area contributed by atoms with E-state index in [-0.39, 0.29) is 11.3 Å². The first-order valence-electron chi connectivity index (χ1n) is 4.53. The molecule has 1 aliphatic heterocycles. The Balaban J connectivity index is 2.52. The molecule has 0 aliphatic carbocycles. The van der Waals surface area contributed by atoms with Crippen molar-refractivity contribution in [1.82, 2.24) is 0 Å². The van der Waals surface area contributed by atoms with Crippen molar-refractivity contribution in [3.05, 3.63) is 29.3 Å². The third kappa shape index (κ3) is 1.82. The summed E-state index contributed by atoms with van der Waals surface area (Å²) >= 11 is 0. The van der Waals surface area contributed by atoms with Crippen LogP contribution in [-0.2, 0) is 4.74 Å². The summed E-state index contributed by atoms with van der Waals surface area (Å²) in [4.78, 5) is 10.9. The number of nitrogens with one attached hydrogen (secondary N) is 1. The SMILES string of the molecule is Cc1ccc2c(c1)[C@@H](C(F)(F)F)OC(=O)N2. The van der Waals surface area contributed by atoms with E-state index in [1.54, 1.807) is 13.0 Å². The monoisotopic (exact) mass is 231 g/mol. The van der Waals surface area contributed by atoms with Crippen LogP contribution in [0.15, 0.2) is 18.2 Å². The van der Waals surface area contributed by atoms with Crippen LogP contribution >= 0.6 is 0 Å². The molecule has 1 atom stereocenters. The quantitative estimate of drug-likeness (QED) is 0.744. The Kier molecular flexibility index (Phi) is 2.29. The Morgan fingerprint density at radius 1 is 1.38 bits per heavy atom. The van der Waals surface area contributed by atoms with Crippen molar-refractivity contribution in [3.8, 4) is 0 Å². The molecule has 0 spiro atoms. The summed E-state index contributed by atoms with van der Waals surface area (Å²) in [6.07, 6.45) is -7.87. The van der Waals surface area contributed by atoms with E-state index in [0.29, 0.717) is 5.56 Å². The van der Waals surface area contributed by atoms with Gasteiger partial charge in [0.05, 0.1) is 5.69 Å². The highest BCUT2D eigenvalue weighted by Gasteiger charge is 2.47.